The molecule has 0 rings (SSSR count). The van der Waals surface area contributed by atoms with Crippen LogP contribution >= 0.6 is 0 Å². The van der Waals surface area contributed by atoms with Gasteiger partial charge in [0.05, 0.1) is 6.42 Å². The Bertz CT molecular complexity index is 140. The van der Waals surface area contributed by atoms with Crippen LogP contribution in [-0.4, -0.2) is 25.7 Å². The number of nitrogens with two attached hydrogens (primary N) is 1. The number of aliphatic imine (C=N–C) groups is 1. The van der Waals surface area contributed by atoms with Gasteiger partial charge in [-0.25, -0.2) is 0 Å². The van der Waals surface area contributed by atoms with E-state index in [1.807, 2.05) is 0 Å². The van der Waals surface area contributed by atoms with Crippen molar-refractivity contribution >= 4 is 5.96 Å². The van der Waals surface area contributed by atoms with E-state index >= 15 is 0 Å². The number of hydrogen-bond donors (Lipinski definition) is 2. The molecule has 0 aliphatic carbocycles. The van der Waals surface area contributed by atoms with Crippen molar-refractivity contribution in [2.24, 2.45) is 10.7 Å². The van der Waals surface area contributed by atoms with Crippen molar-refractivity contribution in [3.63, 3.8) is 0 Å². The minimum absolute atomic E-state index is 0.0225. The lowest BCUT2D eigenvalue weighted by atomic mass is 10.4. The summed E-state index contributed by atoms with van der Waals surface area (Å²) in [5.41, 5.74) is 5.07. The summed E-state index contributed by atoms with van der Waals surface area (Å²) in [6.45, 7) is -0.229. The van der Waals surface area contributed by atoms with Gasteiger partial charge in [0, 0.05) is 13.6 Å². The Labute approximate surface area is 62.5 Å². The summed E-state index contributed by atoms with van der Waals surface area (Å²) in [6.07, 6.45) is -5.04. The minimum atomic E-state index is -4.14. The first-order chi connectivity index (χ1) is 4.95. The Balaban J connectivity index is 3.43. The summed E-state index contributed by atoms with van der Waals surface area (Å²) in [4.78, 5) is 3.42. The van der Waals surface area contributed by atoms with Crippen molar-refractivity contribution in [1.82, 2.24) is 5.32 Å². The monoisotopic (exact) mass is 169 g/mol. The molecule has 0 atom stereocenters. The second-order valence-electron chi connectivity index (χ2n) is 1.90. The zero-order chi connectivity index (χ0) is 8.91. The van der Waals surface area contributed by atoms with Gasteiger partial charge in [0.1, 0.15) is 0 Å². The molecule has 0 aromatic rings. The van der Waals surface area contributed by atoms with Crippen molar-refractivity contribution < 1.29 is 13.2 Å². The van der Waals surface area contributed by atoms with Gasteiger partial charge in [-0.05, 0) is 0 Å². The van der Waals surface area contributed by atoms with Crippen LogP contribution in [0.5, 0.6) is 0 Å². The molecule has 0 aliphatic heterocycles. The summed E-state index contributed by atoms with van der Waals surface area (Å²) >= 11 is 0. The highest BCUT2D eigenvalue weighted by atomic mass is 19.4. The summed E-state index contributed by atoms with van der Waals surface area (Å²) in [7, 11) is 1.40. The van der Waals surface area contributed by atoms with E-state index in [0.717, 1.165) is 0 Å². The number of rotatable bonds is 2. The Kier molecular flexibility index (Phi) is 3.70. The number of guanidine groups is 1. The van der Waals surface area contributed by atoms with Gasteiger partial charge in [0.25, 0.3) is 0 Å². The molecule has 0 aliphatic rings. The van der Waals surface area contributed by atoms with E-state index in [1.165, 1.54) is 7.05 Å². The molecule has 0 bridgehead atoms. The molecule has 3 nitrogen and oxygen atoms in total. The minimum Gasteiger partial charge on any atom is -0.370 e. The summed E-state index contributed by atoms with van der Waals surface area (Å²) in [5, 5.41) is 2.30. The normalized spacial score (nSPS) is 13.3. The van der Waals surface area contributed by atoms with Crippen LogP contribution in [-0.2, 0) is 0 Å². The number of nitrogens with zero attached hydrogens (tertiary/aromatic N) is 1. The van der Waals surface area contributed by atoms with Gasteiger partial charge >= 0.3 is 6.18 Å². The molecule has 0 saturated heterocycles. The van der Waals surface area contributed by atoms with Crippen LogP contribution in [0.4, 0.5) is 13.2 Å². The van der Waals surface area contributed by atoms with Crippen molar-refractivity contribution in [3.05, 3.63) is 0 Å². The maximum Gasteiger partial charge on any atom is 0.390 e. The molecule has 0 heterocycles. The van der Waals surface area contributed by atoms with Crippen LogP contribution in [0.25, 0.3) is 0 Å². The Morgan fingerprint density at radius 2 is 2.09 bits per heavy atom. The molecule has 0 fully saturated rings. The highest BCUT2D eigenvalue weighted by Crippen LogP contribution is 2.17. The number of halogens is 3. The smallest absolute Gasteiger partial charge is 0.370 e. The van der Waals surface area contributed by atoms with E-state index in [4.69, 9.17) is 5.73 Å². The second kappa shape index (κ2) is 4.05. The lowest BCUT2D eigenvalue weighted by Crippen LogP contribution is -2.33. The molecular formula is C5H10F3N3. The SMILES string of the molecule is CN=C(N)NCCC(F)(F)F. The second-order valence-corrected chi connectivity index (χ2v) is 1.90. The van der Waals surface area contributed by atoms with Crippen LogP contribution < -0.4 is 11.1 Å². The quantitative estimate of drug-likeness (QED) is 0.466. The average Bonchev–Trinajstić information content (AvgIpc) is 1.85. The van der Waals surface area contributed by atoms with Crippen LogP contribution in [0.3, 0.4) is 0 Å². The van der Waals surface area contributed by atoms with E-state index in [-0.39, 0.29) is 12.5 Å². The first-order valence-corrected chi connectivity index (χ1v) is 2.98. The van der Waals surface area contributed by atoms with Crippen LogP contribution in [0.1, 0.15) is 6.42 Å². The van der Waals surface area contributed by atoms with Gasteiger partial charge in [-0.15, -0.1) is 0 Å². The zero-order valence-corrected chi connectivity index (χ0v) is 6.07. The summed E-state index contributed by atoms with van der Waals surface area (Å²) in [6, 6.07) is 0. The fourth-order valence-electron chi connectivity index (χ4n) is 0.411. The first-order valence-electron chi connectivity index (χ1n) is 2.98. The molecule has 0 spiro atoms. The van der Waals surface area contributed by atoms with E-state index in [2.05, 4.69) is 10.3 Å². The Morgan fingerprint density at radius 1 is 1.55 bits per heavy atom. The summed E-state index contributed by atoms with van der Waals surface area (Å²) in [5.74, 6) is 0.0225. The third-order valence-corrected chi connectivity index (χ3v) is 0.955. The van der Waals surface area contributed by atoms with Crippen LogP contribution in [0, 0.1) is 0 Å². The van der Waals surface area contributed by atoms with Gasteiger partial charge in [-0.2, -0.15) is 13.2 Å². The largest absolute Gasteiger partial charge is 0.390 e. The maximum atomic E-state index is 11.5. The van der Waals surface area contributed by atoms with Crippen molar-refractivity contribution in [3.8, 4) is 0 Å². The molecule has 66 valence electrons. The van der Waals surface area contributed by atoms with E-state index in [0.29, 0.717) is 0 Å². The number of hydrogen-bond acceptors (Lipinski definition) is 1. The van der Waals surface area contributed by atoms with Crippen molar-refractivity contribution in [2.75, 3.05) is 13.6 Å². The number of alkyl halides is 3. The lowest BCUT2D eigenvalue weighted by Gasteiger charge is -2.06. The average molecular weight is 169 g/mol. The van der Waals surface area contributed by atoms with Gasteiger partial charge < -0.3 is 11.1 Å². The predicted molar refractivity (Wildman–Crippen MR) is 36.2 cm³/mol. The third-order valence-electron chi connectivity index (χ3n) is 0.955. The molecule has 0 aromatic heterocycles. The van der Waals surface area contributed by atoms with Crippen molar-refractivity contribution in [1.29, 1.82) is 0 Å². The fraction of sp³-hybridized carbons (Fsp3) is 0.800. The molecule has 0 amide bonds. The molecule has 0 aromatic carbocycles. The lowest BCUT2D eigenvalue weighted by molar-refractivity contribution is -0.132. The van der Waals surface area contributed by atoms with Gasteiger partial charge in [0.2, 0.25) is 0 Å². The highest BCUT2D eigenvalue weighted by Gasteiger charge is 2.26. The molecule has 0 unspecified atom stereocenters. The predicted octanol–water partition coefficient (Wildman–Crippen LogP) is 0.473. The van der Waals surface area contributed by atoms with E-state index in [1.54, 1.807) is 0 Å². The third kappa shape index (κ3) is 6.95. The Hall–Kier alpha value is -0.940. The molecule has 0 saturated carbocycles. The fourth-order valence-corrected chi connectivity index (χ4v) is 0.411. The first kappa shape index (κ1) is 10.1. The highest BCUT2D eigenvalue weighted by molar-refractivity contribution is 5.77. The molecule has 3 N–H and O–H groups in total. The van der Waals surface area contributed by atoms with Crippen LogP contribution in [0.2, 0.25) is 0 Å². The van der Waals surface area contributed by atoms with Gasteiger partial charge in [0.15, 0.2) is 5.96 Å². The van der Waals surface area contributed by atoms with Crippen molar-refractivity contribution in [2.45, 2.75) is 12.6 Å². The molecule has 0 radical (unpaired) electrons. The Morgan fingerprint density at radius 3 is 2.45 bits per heavy atom. The topological polar surface area (TPSA) is 50.4 Å². The maximum absolute atomic E-state index is 11.5. The summed E-state index contributed by atoms with van der Waals surface area (Å²) < 4.78 is 34.5. The van der Waals surface area contributed by atoms with Gasteiger partial charge in [-0.1, -0.05) is 0 Å². The van der Waals surface area contributed by atoms with E-state index in [9.17, 15) is 13.2 Å². The molecule has 11 heavy (non-hydrogen) atoms. The van der Waals surface area contributed by atoms with E-state index < -0.39 is 12.6 Å². The zero-order valence-electron chi connectivity index (χ0n) is 6.07. The molecular weight excluding hydrogens is 159 g/mol. The standard InChI is InChI=1S/C5H10F3N3/c1-10-4(9)11-3-2-5(6,7)8/h2-3H2,1H3,(H3,9,10,11). The molecule has 6 heteroatoms. The van der Waals surface area contributed by atoms with Gasteiger partial charge in [-0.3, -0.25) is 4.99 Å². The van der Waals surface area contributed by atoms with Crippen LogP contribution in [0.15, 0.2) is 4.99 Å². The number of nitrogens with one attached hydrogen (secondary N) is 1.